The van der Waals surface area contributed by atoms with Gasteiger partial charge in [-0.25, -0.2) is 9.67 Å². The van der Waals surface area contributed by atoms with E-state index in [1.165, 1.54) is 52.3 Å². The Bertz CT molecular complexity index is 2260. The molecule has 0 saturated carbocycles. The van der Waals surface area contributed by atoms with Gasteiger partial charge in [-0.1, -0.05) is 83.0 Å². The van der Waals surface area contributed by atoms with Gasteiger partial charge >= 0.3 is 0 Å². The molecule has 0 saturated heterocycles. The van der Waals surface area contributed by atoms with Crippen LogP contribution in [0.1, 0.15) is 69.5 Å². The van der Waals surface area contributed by atoms with Crippen LogP contribution in [-0.4, -0.2) is 19.3 Å². The smallest absolute Gasteiger partial charge is 0.137 e. The molecule has 254 valence electrons. The second-order valence-corrected chi connectivity index (χ2v) is 14.5. The Balaban J connectivity index is 1.26. The lowest BCUT2D eigenvalue weighted by atomic mass is 10.0. The summed E-state index contributed by atoms with van der Waals surface area (Å²) in [5.74, 6) is 3.80. The SMILES string of the molecule is Cc1nn(-c2cccc(Oc3ccc4c5cc(CCCCC(C)C)ccc5n(-c5cc(CC(C)C)ccn5)c4c3)c2)c(C)c1-c1ccccc1. The van der Waals surface area contributed by atoms with Crippen molar-refractivity contribution in [1.82, 2.24) is 19.3 Å². The maximum Gasteiger partial charge on any atom is 0.137 e. The van der Waals surface area contributed by atoms with Crippen molar-refractivity contribution in [2.45, 2.75) is 73.6 Å². The van der Waals surface area contributed by atoms with Crippen LogP contribution in [0.25, 0.3) is 44.4 Å². The summed E-state index contributed by atoms with van der Waals surface area (Å²) in [5.41, 5.74) is 10.3. The number of hydrogen-bond donors (Lipinski definition) is 0. The van der Waals surface area contributed by atoms with Crippen molar-refractivity contribution in [3.8, 4) is 34.1 Å². The first-order chi connectivity index (χ1) is 24.2. The molecule has 0 aliphatic rings. The number of aromatic nitrogens is 4. The average molecular weight is 661 g/mol. The predicted molar refractivity (Wildman–Crippen MR) is 208 cm³/mol. The average Bonchev–Trinajstić information content (AvgIpc) is 3.59. The van der Waals surface area contributed by atoms with Gasteiger partial charge in [-0.05, 0) is 110 Å². The van der Waals surface area contributed by atoms with Gasteiger partial charge < -0.3 is 4.74 Å². The molecule has 0 spiro atoms. The predicted octanol–water partition coefficient (Wildman–Crippen LogP) is 12.0. The fourth-order valence-electron chi connectivity index (χ4n) is 7.31. The number of ether oxygens (including phenoxy) is 1. The van der Waals surface area contributed by atoms with E-state index in [4.69, 9.17) is 14.8 Å². The van der Waals surface area contributed by atoms with Gasteiger partial charge in [0, 0.05) is 40.4 Å². The molecule has 0 N–H and O–H groups in total. The van der Waals surface area contributed by atoms with Gasteiger partial charge in [-0.3, -0.25) is 4.57 Å². The fraction of sp³-hybridized carbons (Fsp3) is 0.289. The Morgan fingerprint density at radius 2 is 1.50 bits per heavy atom. The Labute approximate surface area is 296 Å². The zero-order valence-electron chi connectivity index (χ0n) is 30.3. The van der Waals surface area contributed by atoms with Crippen molar-refractivity contribution < 1.29 is 4.74 Å². The van der Waals surface area contributed by atoms with Crippen LogP contribution in [0.4, 0.5) is 0 Å². The van der Waals surface area contributed by atoms with Crippen molar-refractivity contribution in [3.63, 3.8) is 0 Å². The highest BCUT2D eigenvalue weighted by molar-refractivity contribution is 6.09. The minimum Gasteiger partial charge on any atom is -0.457 e. The minimum absolute atomic E-state index is 0.566. The van der Waals surface area contributed by atoms with Gasteiger partial charge in [-0.15, -0.1) is 0 Å². The van der Waals surface area contributed by atoms with Crippen molar-refractivity contribution in [2.24, 2.45) is 11.8 Å². The number of fused-ring (bicyclic) bond motifs is 3. The van der Waals surface area contributed by atoms with Gasteiger partial charge in [0.25, 0.3) is 0 Å². The Hall–Kier alpha value is -5.16. The number of rotatable bonds is 12. The number of unbranched alkanes of at least 4 members (excludes halogenated alkanes) is 1. The molecule has 0 bridgehead atoms. The topological polar surface area (TPSA) is 44.9 Å². The first-order valence-corrected chi connectivity index (χ1v) is 18.2. The number of aryl methyl sites for hydroxylation is 2. The van der Waals surface area contributed by atoms with E-state index in [0.29, 0.717) is 5.92 Å². The molecule has 0 unspecified atom stereocenters. The highest BCUT2D eigenvalue weighted by Crippen LogP contribution is 2.37. The van der Waals surface area contributed by atoms with Gasteiger partial charge in [0.2, 0.25) is 0 Å². The van der Waals surface area contributed by atoms with Crippen molar-refractivity contribution in [1.29, 1.82) is 0 Å². The molecule has 0 radical (unpaired) electrons. The Kier molecular flexibility index (Phi) is 9.58. The van der Waals surface area contributed by atoms with E-state index >= 15 is 0 Å². The normalized spacial score (nSPS) is 11.8. The zero-order chi connectivity index (χ0) is 34.8. The molecule has 3 aromatic heterocycles. The Morgan fingerprint density at radius 3 is 2.30 bits per heavy atom. The summed E-state index contributed by atoms with van der Waals surface area (Å²) in [7, 11) is 0. The molecule has 50 heavy (non-hydrogen) atoms. The molecule has 0 aliphatic heterocycles. The maximum atomic E-state index is 6.61. The quantitative estimate of drug-likeness (QED) is 0.123. The lowest BCUT2D eigenvalue weighted by molar-refractivity contribution is 0.482. The molecule has 5 heteroatoms. The van der Waals surface area contributed by atoms with Crippen LogP contribution in [0.15, 0.2) is 109 Å². The summed E-state index contributed by atoms with van der Waals surface area (Å²) in [5, 5.41) is 7.39. The Morgan fingerprint density at radius 1 is 0.680 bits per heavy atom. The number of pyridine rings is 1. The summed E-state index contributed by atoms with van der Waals surface area (Å²) < 4.78 is 10.9. The van der Waals surface area contributed by atoms with Crippen LogP contribution in [0.2, 0.25) is 0 Å². The van der Waals surface area contributed by atoms with Crippen LogP contribution in [0.5, 0.6) is 11.5 Å². The first-order valence-electron chi connectivity index (χ1n) is 18.2. The molecule has 7 aromatic rings. The van der Waals surface area contributed by atoms with Gasteiger partial charge in [0.15, 0.2) is 0 Å². The molecule has 0 fully saturated rings. The zero-order valence-corrected chi connectivity index (χ0v) is 30.3. The van der Waals surface area contributed by atoms with Gasteiger partial charge in [-0.2, -0.15) is 5.10 Å². The fourth-order valence-corrected chi connectivity index (χ4v) is 7.31. The van der Waals surface area contributed by atoms with E-state index in [9.17, 15) is 0 Å². The molecule has 3 heterocycles. The van der Waals surface area contributed by atoms with Crippen molar-refractivity contribution in [3.05, 3.63) is 132 Å². The molecule has 4 aromatic carbocycles. The van der Waals surface area contributed by atoms with Crippen LogP contribution in [0, 0.1) is 25.7 Å². The van der Waals surface area contributed by atoms with Crippen molar-refractivity contribution >= 4 is 21.8 Å². The monoisotopic (exact) mass is 660 g/mol. The first kappa shape index (κ1) is 33.3. The van der Waals surface area contributed by atoms with E-state index in [0.717, 1.165) is 64.2 Å². The standard InChI is InChI=1S/C45H48N4O/c1-30(2)13-10-11-14-34-19-22-42-41(26-34)40-21-20-39(29-43(40)48(42)44-27-35(23-24-46-44)25-31(3)4)50-38-18-12-17-37(28-38)49-33(6)45(32(5)47-49)36-15-8-7-9-16-36/h7-9,12,15-24,26-31H,10-11,13-14,25H2,1-6H3. The van der Waals surface area contributed by atoms with E-state index in [1.54, 1.807) is 0 Å². The highest BCUT2D eigenvalue weighted by Gasteiger charge is 2.17. The van der Waals surface area contributed by atoms with E-state index in [-0.39, 0.29) is 0 Å². The molecule has 5 nitrogen and oxygen atoms in total. The molecular formula is C45H48N4O. The summed E-state index contributed by atoms with van der Waals surface area (Å²) in [6, 6.07) is 36.5. The molecular weight excluding hydrogens is 613 g/mol. The van der Waals surface area contributed by atoms with Crippen LogP contribution < -0.4 is 4.74 Å². The van der Waals surface area contributed by atoms with Crippen LogP contribution in [0.3, 0.4) is 0 Å². The molecule has 7 rings (SSSR count). The van der Waals surface area contributed by atoms with Crippen molar-refractivity contribution in [2.75, 3.05) is 0 Å². The summed E-state index contributed by atoms with van der Waals surface area (Å²) in [6.07, 6.45) is 7.81. The molecule has 0 atom stereocenters. The largest absolute Gasteiger partial charge is 0.457 e. The van der Waals surface area contributed by atoms with E-state index < -0.39 is 0 Å². The van der Waals surface area contributed by atoms with E-state index in [2.05, 4.69) is 131 Å². The van der Waals surface area contributed by atoms with E-state index in [1.807, 2.05) is 29.1 Å². The maximum absolute atomic E-state index is 6.61. The molecule has 0 aliphatic carbocycles. The number of hydrogen-bond acceptors (Lipinski definition) is 3. The van der Waals surface area contributed by atoms with Crippen LogP contribution >= 0.6 is 0 Å². The number of benzene rings is 4. The lowest BCUT2D eigenvalue weighted by Crippen LogP contribution is -2.01. The summed E-state index contributed by atoms with van der Waals surface area (Å²) in [4.78, 5) is 4.90. The third-order valence-electron chi connectivity index (χ3n) is 9.63. The number of nitrogens with zero attached hydrogens (tertiary/aromatic N) is 4. The third-order valence-corrected chi connectivity index (χ3v) is 9.63. The summed E-state index contributed by atoms with van der Waals surface area (Å²) in [6.45, 7) is 13.3. The second-order valence-electron chi connectivity index (χ2n) is 14.5. The lowest BCUT2D eigenvalue weighted by Gasteiger charge is -2.12. The third kappa shape index (κ3) is 6.96. The molecule has 0 amide bonds. The second kappa shape index (κ2) is 14.4. The summed E-state index contributed by atoms with van der Waals surface area (Å²) >= 11 is 0. The minimum atomic E-state index is 0.566. The van der Waals surface area contributed by atoms with Gasteiger partial charge in [0.1, 0.15) is 17.3 Å². The van der Waals surface area contributed by atoms with Gasteiger partial charge in [0.05, 0.1) is 22.4 Å². The highest BCUT2D eigenvalue weighted by atomic mass is 16.5. The van der Waals surface area contributed by atoms with Crippen LogP contribution in [-0.2, 0) is 12.8 Å².